The molecule has 0 N–H and O–H groups in total. The fourth-order valence-corrected chi connectivity index (χ4v) is 3.24. The highest BCUT2D eigenvalue weighted by atomic mass is 19.1. The molecule has 0 spiro atoms. The Labute approximate surface area is 119 Å². The number of rotatable bonds is 4. The Morgan fingerprint density at radius 2 is 2.05 bits per heavy atom. The van der Waals surface area contributed by atoms with Crippen molar-refractivity contribution in [1.82, 2.24) is 4.90 Å². The molecule has 3 rings (SSSR count). The molecule has 0 radical (unpaired) electrons. The maximum Gasteiger partial charge on any atom is 0.126 e. The van der Waals surface area contributed by atoms with E-state index in [9.17, 15) is 4.39 Å². The van der Waals surface area contributed by atoms with Crippen LogP contribution in [0.25, 0.3) is 0 Å². The van der Waals surface area contributed by atoms with Gasteiger partial charge in [-0.05, 0) is 37.8 Å². The topological polar surface area (TPSA) is 21.7 Å². The molecule has 2 fully saturated rings. The molecular weight excluding hydrogens is 257 g/mol. The number of nitrogens with zero attached hydrogens (tertiary/aromatic N) is 1. The van der Waals surface area contributed by atoms with Gasteiger partial charge in [0, 0.05) is 32.3 Å². The van der Waals surface area contributed by atoms with Crippen molar-refractivity contribution >= 4 is 0 Å². The van der Waals surface area contributed by atoms with Crippen LogP contribution in [0.2, 0.25) is 0 Å². The second-order valence-corrected chi connectivity index (χ2v) is 5.83. The van der Waals surface area contributed by atoms with Crippen molar-refractivity contribution in [2.45, 2.75) is 43.9 Å². The molecule has 1 aliphatic heterocycles. The Kier molecular flexibility index (Phi) is 4.22. The van der Waals surface area contributed by atoms with E-state index in [-0.39, 0.29) is 11.9 Å². The molecule has 0 amide bonds. The van der Waals surface area contributed by atoms with E-state index in [1.165, 1.54) is 31.4 Å². The van der Waals surface area contributed by atoms with Crippen LogP contribution in [-0.4, -0.2) is 43.3 Å². The standard InChI is InChI=1S/C16H22FNO2/c1-19-14-6-3-5-13(9-14)18-10-16(11-18)20-15-7-2-4-12(17)8-15/h2,4,7-8,13-14,16H,3,5-6,9-11H2,1H3. The highest BCUT2D eigenvalue weighted by Gasteiger charge is 2.36. The molecule has 2 unspecified atom stereocenters. The average Bonchev–Trinajstić information content (AvgIpc) is 2.42. The first-order valence-corrected chi connectivity index (χ1v) is 7.43. The van der Waals surface area contributed by atoms with Crippen LogP contribution in [0, 0.1) is 5.82 Å². The maximum atomic E-state index is 13.1. The molecule has 1 heterocycles. The molecule has 1 aromatic rings. The summed E-state index contributed by atoms with van der Waals surface area (Å²) in [6.07, 6.45) is 5.42. The van der Waals surface area contributed by atoms with Gasteiger partial charge >= 0.3 is 0 Å². The van der Waals surface area contributed by atoms with E-state index in [0.29, 0.717) is 17.9 Å². The summed E-state index contributed by atoms with van der Waals surface area (Å²) in [5.41, 5.74) is 0. The minimum absolute atomic E-state index is 0.194. The zero-order chi connectivity index (χ0) is 13.9. The molecule has 1 saturated heterocycles. The van der Waals surface area contributed by atoms with Crippen molar-refractivity contribution in [3.05, 3.63) is 30.1 Å². The van der Waals surface area contributed by atoms with E-state index < -0.39 is 0 Å². The minimum Gasteiger partial charge on any atom is -0.488 e. The van der Waals surface area contributed by atoms with Gasteiger partial charge in [0.05, 0.1) is 6.10 Å². The lowest BCUT2D eigenvalue weighted by atomic mass is 9.89. The molecule has 4 heteroatoms. The number of ether oxygens (including phenoxy) is 2. The summed E-state index contributed by atoms with van der Waals surface area (Å²) in [5, 5.41) is 0. The lowest BCUT2D eigenvalue weighted by Gasteiger charge is -2.46. The third-order valence-corrected chi connectivity index (χ3v) is 4.42. The summed E-state index contributed by atoms with van der Waals surface area (Å²) in [6, 6.07) is 7.01. The highest BCUT2D eigenvalue weighted by Crippen LogP contribution is 2.29. The van der Waals surface area contributed by atoms with Gasteiger partial charge in [0.2, 0.25) is 0 Å². The molecule has 110 valence electrons. The molecule has 3 nitrogen and oxygen atoms in total. The zero-order valence-electron chi connectivity index (χ0n) is 11.9. The molecule has 0 aromatic heterocycles. The van der Waals surface area contributed by atoms with Gasteiger partial charge in [-0.15, -0.1) is 0 Å². The average molecular weight is 279 g/mol. The van der Waals surface area contributed by atoms with Crippen molar-refractivity contribution in [2.24, 2.45) is 0 Å². The Hall–Kier alpha value is -1.13. The summed E-state index contributed by atoms with van der Waals surface area (Å²) < 4.78 is 24.4. The van der Waals surface area contributed by atoms with Gasteiger partial charge in [-0.1, -0.05) is 6.07 Å². The third kappa shape index (κ3) is 3.13. The van der Waals surface area contributed by atoms with Crippen molar-refractivity contribution in [3.8, 4) is 5.75 Å². The van der Waals surface area contributed by atoms with E-state index in [0.717, 1.165) is 19.5 Å². The maximum absolute atomic E-state index is 13.1. The normalized spacial score (nSPS) is 28.1. The fourth-order valence-electron chi connectivity index (χ4n) is 3.24. The van der Waals surface area contributed by atoms with Gasteiger partial charge in [0.25, 0.3) is 0 Å². The first-order chi connectivity index (χ1) is 9.74. The quantitative estimate of drug-likeness (QED) is 0.846. The second kappa shape index (κ2) is 6.10. The highest BCUT2D eigenvalue weighted by molar-refractivity contribution is 5.23. The van der Waals surface area contributed by atoms with Crippen LogP contribution in [0.1, 0.15) is 25.7 Å². The Balaban J connectivity index is 1.46. The minimum atomic E-state index is -0.242. The van der Waals surface area contributed by atoms with Crippen LogP contribution in [-0.2, 0) is 4.74 Å². The largest absolute Gasteiger partial charge is 0.488 e. The molecule has 2 aliphatic rings. The number of hydrogen-bond donors (Lipinski definition) is 0. The lowest BCUT2D eigenvalue weighted by molar-refractivity contribution is -0.0436. The van der Waals surface area contributed by atoms with E-state index >= 15 is 0 Å². The zero-order valence-corrected chi connectivity index (χ0v) is 11.9. The van der Waals surface area contributed by atoms with E-state index in [4.69, 9.17) is 9.47 Å². The molecule has 1 saturated carbocycles. The predicted molar refractivity (Wildman–Crippen MR) is 75.4 cm³/mol. The van der Waals surface area contributed by atoms with Gasteiger partial charge in [0.15, 0.2) is 0 Å². The van der Waals surface area contributed by atoms with Gasteiger partial charge < -0.3 is 9.47 Å². The lowest BCUT2D eigenvalue weighted by Crippen LogP contribution is -2.58. The number of benzene rings is 1. The van der Waals surface area contributed by atoms with Crippen molar-refractivity contribution in [2.75, 3.05) is 20.2 Å². The third-order valence-electron chi connectivity index (χ3n) is 4.42. The summed E-state index contributed by atoms with van der Waals surface area (Å²) in [4.78, 5) is 2.47. The van der Waals surface area contributed by atoms with Crippen molar-refractivity contribution in [1.29, 1.82) is 0 Å². The van der Waals surface area contributed by atoms with Crippen LogP contribution < -0.4 is 4.74 Å². The SMILES string of the molecule is COC1CCCC(N2CC(Oc3cccc(F)c3)C2)C1. The number of hydrogen-bond acceptors (Lipinski definition) is 3. The summed E-state index contributed by atoms with van der Waals surface area (Å²) in [6.45, 7) is 1.88. The first kappa shape index (κ1) is 13.8. The van der Waals surface area contributed by atoms with Gasteiger partial charge in [-0.3, -0.25) is 4.90 Å². The fraction of sp³-hybridized carbons (Fsp3) is 0.625. The van der Waals surface area contributed by atoms with Crippen LogP contribution in [0.5, 0.6) is 5.75 Å². The van der Waals surface area contributed by atoms with Crippen LogP contribution in [0.4, 0.5) is 4.39 Å². The van der Waals surface area contributed by atoms with Crippen molar-refractivity contribution in [3.63, 3.8) is 0 Å². The first-order valence-electron chi connectivity index (χ1n) is 7.43. The molecule has 1 aliphatic carbocycles. The molecule has 1 aromatic carbocycles. The summed E-state index contributed by atoms with van der Waals surface area (Å²) in [5.74, 6) is 0.391. The van der Waals surface area contributed by atoms with E-state index in [2.05, 4.69) is 4.90 Å². The van der Waals surface area contributed by atoms with E-state index in [1.807, 2.05) is 6.07 Å². The number of likely N-dealkylation sites (tertiary alicyclic amines) is 1. The molecule has 20 heavy (non-hydrogen) atoms. The predicted octanol–water partition coefficient (Wildman–Crippen LogP) is 2.85. The number of halogens is 1. The van der Waals surface area contributed by atoms with E-state index in [1.54, 1.807) is 13.2 Å². The van der Waals surface area contributed by atoms with Gasteiger partial charge in [-0.25, -0.2) is 4.39 Å². The Morgan fingerprint density at radius 3 is 2.80 bits per heavy atom. The Bertz CT molecular complexity index is 448. The van der Waals surface area contributed by atoms with Crippen LogP contribution in [0.15, 0.2) is 24.3 Å². The molecule has 2 atom stereocenters. The number of methoxy groups -OCH3 is 1. The monoisotopic (exact) mass is 279 g/mol. The Morgan fingerprint density at radius 1 is 1.20 bits per heavy atom. The van der Waals surface area contributed by atoms with Gasteiger partial charge in [-0.2, -0.15) is 0 Å². The summed E-state index contributed by atoms with van der Waals surface area (Å²) >= 11 is 0. The smallest absolute Gasteiger partial charge is 0.126 e. The molecule has 0 bridgehead atoms. The summed E-state index contributed by atoms with van der Waals surface area (Å²) in [7, 11) is 1.80. The molecular formula is C16H22FNO2. The van der Waals surface area contributed by atoms with Crippen LogP contribution >= 0.6 is 0 Å². The van der Waals surface area contributed by atoms with Crippen LogP contribution in [0.3, 0.4) is 0 Å². The van der Waals surface area contributed by atoms with Crippen molar-refractivity contribution < 1.29 is 13.9 Å². The second-order valence-electron chi connectivity index (χ2n) is 5.83. The van der Waals surface area contributed by atoms with Gasteiger partial charge in [0.1, 0.15) is 17.7 Å².